The second kappa shape index (κ2) is 10.5. The molecule has 2 rings (SSSR count). The van der Waals surface area contributed by atoms with Crippen LogP contribution in [0.25, 0.3) is 0 Å². The lowest BCUT2D eigenvalue weighted by atomic mass is 9.83. The Morgan fingerprint density at radius 2 is 1.53 bits per heavy atom. The summed E-state index contributed by atoms with van der Waals surface area (Å²) in [5.41, 5.74) is 5.60. The Labute approximate surface area is 191 Å². The van der Waals surface area contributed by atoms with E-state index in [1.54, 1.807) is 25.3 Å². The Bertz CT molecular complexity index is 943. The van der Waals surface area contributed by atoms with Crippen molar-refractivity contribution in [3.63, 3.8) is 0 Å². The van der Waals surface area contributed by atoms with Crippen LogP contribution in [0.15, 0.2) is 36.4 Å². The van der Waals surface area contributed by atoms with E-state index >= 15 is 0 Å². The number of amides is 2. The lowest BCUT2D eigenvalue weighted by Gasteiger charge is -2.40. The SMILES string of the molecule is CCC[C@@H](N(NC(=O)c1ccc(OC)c(OC)c1)C(=O)c1cc(C)cc(C)c1)C(C)(C)C. The summed E-state index contributed by atoms with van der Waals surface area (Å²) in [5.74, 6) is 0.382. The van der Waals surface area contributed by atoms with Gasteiger partial charge in [0.15, 0.2) is 11.5 Å². The highest BCUT2D eigenvalue weighted by atomic mass is 16.5. The third-order valence-electron chi connectivity index (χ3n) is 5.43. The van der Waals surface area contributed by atoms with E-state index in [1.807, 2.05) is 32.0 Å². The summed E-state index contributed by atoms with van der Waals surface area (Å²) < 4.78 is 10.6. The van der Waals surface area contributed by atoms with Crippen molar-refractivity contribution in [3.8, 4) is 11.5 Å². The van der Waals surface area contributed by atoms with Crippen molar-refractivity contribution in [2.75, 3.05) is 14.2 Å². The Hall–Kier alpha value is -3.02. The van der Waals surface area contributed by atoms with Crippen molar-refractivity contribution in [3.05, 3.63) is 58.7 Å². The minimum Gasteiger partial charge on any atom is -0.493 e. The number of nitrogens with one attached hydrogen (secondary N) is 1. The van der Waals surface area contributed by atoms with Crippen LogP contribution in [0.4, 0.5) is 0 Å². The van der Waals surface area contributed by atoms with Gasteiger partial charge < -0.3 is 9.47 Å². The van der Waals surface area contributed by atoms with Gasteiger partial charge in [0, 0.05) is 11.1 Å². The Morgan fingerprint density at radius 3 is 2.03 bits per heavy atom. The molecule has 0 radical (unpaired) electrons. The Kier molecular flexibility index (Phi) is 8.31. The fraction of sp³-hybridized carbons (Fsp3) is 0.462. The van der Waals surface area contributed by atoms with E-state index < -0.39 is 0 Å². The fourth-order valence-corrected chi connectivity index (χ4v) is 3.88. The summed E-state index contributed by atoms with van der Waals surface area (Å²) >= 11 is 0. The minimum atomic E-state index is -0.381. The van der Waals surface area contributed by atoms with Crippen LogP contribution in [-0.4, -0.2) is 37.1 Å². The zero-order valence-electron chi connectivity index (χ0n) is 20.5. The molecule has 6 nitrogen and oxygen atoms in total. The molecule has 1 N–H and O–H groups in total. The lowest BCUT2D eigenvalue weighted by Crippen LogP contribution is -2.56. The standard InChI is InChI=1S/C26H36N2O4/c1-9-10-23(26(4,5)6)28(25(30)20-14-17(2)13-18(3)15-20)27-24(29)19-11-12-21(31-7)22(16-19)32-8/h11-16,23H,9-10H2,1-8H3,(H,27,29)/t23-/m1/s1. The molecule has 2 aromatic carbocycles. The van der Waals surface area contributed by atoms with Crippen LogP contribution in [0.3, 0.4) is 0 Å². The van der Waals surface area contributed by atoms with E-state index in [2.05, 4.69) is 33.1 Å². The molecule has 0 saturated heterocycles. The number of carbonyl (C=O) groups is 2. The summed E-state index contributed by atoms with van der Waals surface area (Å²) in [5, 5.41) is 1.51. The molecule has 0 bridgehead atoms. The first-order chi connectivity index (χ1) is 15.0. The molecule has 6 heteroatoms. The molecule has 0 unspecified atom stereocenters. The van der Waals surface area contributed by atoms with Gasteiger partial charge in [0.05, 0.1) is 20.3 Å². The average Bonchev–Trinajstić information content (AvgIpc) is 2.73. The lowest BCUT2D eigenvalue weighted by molar-refractivity contribution is 0.0271. The van der Waals surface area contributed by atoms with Crippen molar-refractivity contribution < 1.29 is 19.1 Å². The van der Waals surface area contributed by atoms with Crippen LogP contribution in [0.1, 0.15) is 72.4 Å². The summed E-state index contributed by atoms with van der Waals surface area (Å²) in [7, 11) is 3.06. The number of carbonyl (C=O) groups excluding carboxylic acids is 2. The van der Waals surface area contributed by atoms with Crippen molar-refractivity contribution >= 4 is 11.8 Å². The molecule has 0 fully saturated rings. The van der Waals surface area contributed by atoms with E-state index in [0.29, 0.717) is 22.6 Å². The van der Waals surface area contributed by atoms with E-state index in [-0.39, 0.29) is 23.3 Å². The van der Waals surface area contributed by atoms with Crippen LogP contribution >= 0.6 is 0 Å². The molecule has 174 valence electrons. The summed E-state index contributed by atoms with van der Waals surface area (Å²) in [6, 6.07) is 10.5. The van der Waals surface area contributed by atoms with E-state index in [9.17, 15) is 9.59 Å². The first kappa shape index (κ1) is 25.2. The van der Waals surface area contributed by atoms with E-state index in [0.717, 1.165) is 24.0 Å². The predicted octanol–water partition coefficient (Wildman–Crippen LogP) is 5.32. The number of ether oxygens (including phenoxy) is 2. The zero-order chi connectivity index (χ0) is 24.1. The normalized spacial score (nSPS) is 12.1. The number of hydrogen-bond acceptors (Lipinski definition) is 4. The van der Waals surface area contributed by atoms with Crippen molar-refractivity contribution in [1.82, 2.24) is 10.4 Å². The highest BCUT2D eigenvalue weighted by Crippen LogP contribution is 2.30. The van der Waals surface area contributed by atoms with Gasteiger partial charge >= 0.3 is 0 Å². The second-order valence-electron chi connectivity index (χ2n) is 9.23. The monoisotopic (exact) mass is 440 g/mol. The van der Waals surface area contributed by atoms with Gasteiger partial charge in [-0.05, 0) is 56.0 Å². The largest absolute Gasteiger partial charge is 0.493 e. The molecular formula is C26H36N2O4. The van der Waals surface area contributed by atoms with Gasteiger partial charge in [-0.15, -0.1) is 0 Å². The van der Waals surface area contributed by atoms with Gasteiger partial charge in [-0.25, -0.2) is 5.01 Å². The molecule has 0 aromatic heterocycles. The number of aryl methyl sites for hydroxylation is 2. The van der Waals surface area contributed by atoms with Gasteiger partial charge in [-0.1, -0.05) is 51.3 Å². The van der Waals surface area contributed by atoms with Gasteiger partial charge in [0.1, 0.15) is 0 Å². The van der Waals surface area contributed by atoms with Crippen molar-refractivity contribution in [2.24, 2.45) is 5.41 Å². The van der Waals surface area contributed by atoms with E-state index in [1.165, 1.54) is 12.1 Å². The van der Waals surface area contributed by atoms with Crippen LogP contribution in [-0.2, 0) is 0 Å². The zero-order valence-corrected chi connectivity index (χ0v) is 20.5. The third-order valence-corrected chi connectivity index (χ3v) is 5.43. The van der Waals surface area contributed by atoms with Gasteiger partial charge in [-0.2, -0.15) is 0 Å². The van der Waals surface area contributed by atoms with Gasteiger partial charge in [-0.3, -0.25) is 15.0 Å². The molecule has 2 aromatic rings. The smallest absolute Gasteiger partial charge is 0.272 e. The second-order valence-corrected chi connectivity index (χ2v) is 9.23. The van der Waals surface area contributed by atoms with Gasteiger partial charge in [0.2, 0.25) is 0 Å². The minimum absolute atomic E-state index is 0.190. The van der Waals surface area contributed by atoms with Crippen LogP contribution in [0.5, 0.6) is 11.5 Å². The van der Waals surface area contributed by atoms with Crippen LogP contribution < -0.4 is 14.9 Å². The fourth-order valence-electron chi connectivity index (χ4n) is 3.88. The number of hydrogen-bond donors (Lipinski definition) is 1. The topological polar surface area (TPSA) is 67.9 Å². The molecule has 0 aliphatic rings. The molecule has 0 saturated carbocycles. The number of rotatable bonds is 7. The molecular weight excluding hydrogens is 404 g/mol. The molecule has 32 heavy (non-hydrogen) atoms. The van der Waals surface area contributed by atoms with Crippen molar-refractivity contribution in [2.45, 2.75) is 60.4 Å². The highest BCUT2D eigenvalue weighted by molar-refractivity contribution is 5.99. The Morgan fingerprint density at radius 1 is 0.938 bits per heavy atom. The van der Waals surface area contributed by atoms with Crippen LogP contribution in [0, 0.1) is 19.3 Å². The average molecular weight is 441 g/mol. The molecule has 0 aliphatic heterocycles. The summed E-state index contributed by atoms with van der Waals surface area (Å²) in [6.07, 6.45) is 1.64. The number of benzene rings is 2. The van der Waals surface area contributed by atoms with Gasteiger partial charge in [0.25, 0.3) is 11.8 Å². The first-order valence-corrected chi connectivity index (χ1v) is 11.0. The quantitative estimate of drug-likeness (QED) is 0.592. The molecule has 0 spiro atoms. The summed E-state index contributed by atoms with van der Waals surface area (Å²) in [4.78, 5) is 26.9. The maximum Gasteiger partial charge on any atom is 0.272 e. The van der Waals surface area contributed by atoms with Crippen LogP contribution in [0.2, 0.25) is 0 Å². The van der Waals surface area contributed by atoms with Crippen molar-refractivity contribution in [1.29, 1.82) is 0 Å². The predicted molar refractivity (Wildman–Crippen MR) is 127 cm³/mol. The number of hydrazine groups is 1. The number of methoxy groups -OCH3 is 2. The summed E-state index contributed by atoms with van der Waals surface area (Å²) in [6.45, 7) is 12.2. The molecule has 1 atom stereocenters. The molecule has 0 aliphatic carbocycles. The molecule has 0 heterocycles. The maximum absolute atomic E-state index is 13.7. The number of nitrogens with zero attached hydrogens (tertiary/aromatic N) is 1. The molecule has 2 amide bonds. The Balaban J connectivity index is 2.48. The third kappa shape index (κ3) is 6.02. The maximum atomic E-state index is 13.7. The van der Waals surface area contributed by atoms with E-state index in [4.69, 9.17) is 9.47 Å². The highest BCUT2D eigenvalue weighted by Gasteiger charge is 2.35. The first-order valence-electron chi connectivity index (χ1n) is 11.0.